The van der Waals surface area contributed by atoms with Crippen LogP contribution < -0.4 is 11.1 Å². The molecule has 0 radical (unpaired) electrons. The largest absolute Gasteiger partial charge is 0.394 e. The molecule has 0 aliphatic carbocycles. The summed E-state index contributed by atoms with van der Waals surface area (Å²) in [6.07, 6.45) is -5.42. The molecule has 94 valence electrons. The van der Waals surface area contributed by atoms with Crippen LogP contribution in [0.2, 0.25) is 0 Å². The van der Waals surface area contributed by atoms with Crippen molar-refractivity contribution < 1.29 is 30.0 Å². The molecule has 0 saturated carbocycles. The van der Waals surface area contributed by atoms with E-state index in [0.717, 1.165) is 0 Å². The van der Waals surface area contributed by atoms with Crippen LogP contribution in [-0.4, -0.2) is 70.1 Å². The highest BCUT2D eigenvalue weighted by atomic mass is 16.6. The molecule has 5 atom stereocenters. The van der Waals surface area contributed by atoms with Gasteiger partial charge in [0.15, 0.2) is 6.29 Å². The Balaban J connectivity index is 2.67. The second-order valence-corrected chi connectivity index (χ2v) is 3.53. The molecule has 8 nitrogen and oxygen atoms in total. The van der Waals surface area contributed by atoms with E-state index >= 15 is 0 Å². The van der Waals surface area contributed by atoms with Gasteiger partial charge in [-0.1, -0.05) is 0 Å². The maximum Gasteiger partial charge on any atom is 0.234 e. The fraction of sp³-hybridized carbons (Fsp3) is 0.875. The number of nitrogens with two attached hydrogens (primary N) is 1. The number of aliphatic hydroxyl groups excluding tert-OH is 4. The Bertz CT molecular complexity index is 251. The normalized spacial score (nSPS) is 39.4. The first-order valence-corrected chi connectivity index (χ1v) is 4.81. The van der Waals surface area contributed by atoms with E-state index in [0.29, 0.717) is 0 Å². The molecular formula is C8H16N2O6. The monoisotopic (exact) mass is 236 g/mol. The summed E-state index contributed by atoms with van der Waals surface area (Å²) >= 11 is 0. The van der Waals surface area contributed by atoms with Crippen LogP contribution in [0.3, 0.4) is 0 Å². The smallest absolute Gasteiger partial charge is 0.234 e. The van der Waals surface area contributed by atoms with Gasteiger partial charge in [-0.25, -0.2) is 0 Å². The van der Waals surface area contributed by atoms with Gasteiger partial charge in [-0.15, -0.1) is 0 Å². The number of aliphatic hydroxyl groups is 4. The molecular weight excluding hydrogens is 220 g/mol. The molecule has 8 heteroatoms. The number of rotatable bonds is 3. The zero-order chi connectivity index (χ0) is 12.3. The van der Waals surface area contributed by atoms with Crippen molar-refractivity contribution >= 4 is 5.91 Å². The second-order valence-electron chi connectivity index (χ2n) is 3.53. The van der Waals surface area contributed by atoms with Crippen molar-refractivity contribution in [1.82, 2.24) is 5.32 Å². The minimum absolute atomic E-state index is 0.310. The van der Waals surface area contributed by atoms with Crippen LogP contribution in [0.1, 0.15) is 0 Å². The molecule has 1 aliphatic heterocycles. The lowest BCUT2D eigenvalue weighted by Gasteiger charge is -2.40. The Morgan fingerprint density at radius 2 is 1.94 bits per heavy atom. The maximum atomic E-state index is 11.0. The summed E-state index contributed by atoms with van der Waals surface area (Å²) in [6.45, 7) is -0.859. The van der Waals surface area contributed by atoms with E-state index in [-0.39, 0.29) is 6.54 Å². The molecule has 1 aliphatic rings. The highest BCUT2D eigenvalue weighted by Crippen LogP contribution is 2.19. The molecule has 7 N–H and O–H groups in total. The quantitative estimate of drug-likeness (QED) is 0.292. The SMILES string of the molecule is NCC(=O)NC1C(O)OC(CO)C(O)C1O. The molecule has 1 saturated heterocycles. The third-order valence-corrected chi connectivity index (χ3v) is 2.41. The first kappa shape index (κ1) is 13.3. The van der Waals surface area contributed by atoms with Gasteiger partial charge in [-0.2, -0.15) is 0 Å². The predicted octanol–water partition coefficient (Wildman–Crippen LogP) is -4.14. The number of hydrogen-bond acceptors (Lipinski definition) is 7. The Labute approximate surface area is 91.6 Å². The van der Waals surface area contributed by atoms with E-state index in [1.165, 1.54) is 0 Å². The fourth-order valence-corrected chi connectivity index (χ4v) is 1.50. The summed E-state index contributed by atoms with van der Waals surface area (Å²) in [6, 6.07) is -1.17. The topological polar surface area (TPSA) is 145 Å². The Kier molecular flexibility index (Phi) is 4.59. The number of nitrogens with one attached hydrogen (secondary N) is 1. The van der Waals surface area contributed by atoms with E-state index in [1.807, 2.05) is 0 Å². The zero-order valence-electron chi connectivity index (χ0n) is 8.48. The summed E-state index contributed by atoms with van der Waals surface area (Å²) in [5, 5.41) is 39.5. The Morgan fingerprint density at radius 3 is 2.44 bits per heavy atom. The highest BCUT2D eigenvalue weighted by molar-refractivity contribution is 5.78. The molecule has 1 rings (SSSR count). The number of hydrogen-bond donors (Lipinski definition) is 6. The molecule has 5 unspecified atom stereocenters. The molecule has 1 fully saturated rings. The van der Waals surface area contributed by atoms with Crippen molar-refractivity contribution in [1.29, 1.82) is 0 Å². The van der Waals surface area contributed by atoms with Gasteiger partial charge in [0.25, 0.3) is 0 Å². The minimum Gasteiger partial charge on any atom is -0.394 e. The molecule has 0 spiro atoms. The standard InChI is InChI=1S/C8H16N2O6/c9-1-4(12)10-5-7(14)6(13)3(2-11)16-8(5)15/h3,5-8,11,13-15H,1-2,9H2,(H,10,12). The Morgan fingerprint density at radius 1 is 1.31 bits per heavy atom. The lowest BCUT2D eigenvalue weighted by Crippen LogP contribution is -2.64. The molecule has 0 aromatic rings. The summed E-state index contributed by atoms with van der Waals surface area (Å²) in [5.74, 6) is -0.596. The van der Waals surface area contributed by atoms with Crippen molar-refractivity contribution in [2.75, 3.05) is 13.2 Å². The van der Waals surface area contributed by atoms with E-state index < -0.39 is 43.2 Å². The van der Waals surface area contributed by atoms with Crippen LogP contribution in [0.4, 0.5) is 0 Å². The van der Waals surface area contributed by atoms with Crippen LogP contribution in [0.25, 0.3) is 0 Å². The summed E-state index contributed by atoms with van der Waals surface area (Å²) in [5.41, 5.74) is 5.05. The van der Waals surface area contributed by atoms with Gasteiger partial charge >= 0.3 is 0 Å². The van der Waals surface area contributed by atoms with Crippen LogP contribution in [0.5, 0.6) is 0 Å². The zero-order valence-corrected chi connectivity index (χ0v) is 8.48. The highest BCUT2D eigenvalue weighted by Gasteiger charge is 2.44. The molecule has 0 aromatic carbocycles. The third-order valence-electron chi connectivity index (χ3n) is 2.41. The van der Waals surface area contributed by atoms with Gasteiger partial charge in [0.05, 0.1) is 13.2 Å². The van der Waals surface area contributed by atoms with Gasteiger partial charge in [0, 0.05) is 0 Å². The minimum atomic E-state index is -1.51. The van der Waals surface area contributed by atoms with Crippen LogP contribution in [-0.2, 0) is 9.53 Å². The molecule has 0 aromatic heterocycles. The lowest BCUT2D eigenvalue weighted by atomic mass is 9.97. The van der Waals surface area contributed by atoms with Crippen molar-refractivity contribution in [3.63, 3.8) is 0 Å². The number of amides is 1. The summed E-state index contributed by atoms with van der Waals surface area (Å²) in [7, 11) is 0. The summed E-state index contributed by atoms with van der Waals surface area (Å²) in [4.78, 5) is 11.0. The van der Waals surface area contributed by atoms with Crippen molar-refractivity contribution in [3.8, 4) is 0 Å². The van der Waals surface area contributed by atoms with Crippen LogP contribution in [0.15, 0.2) is 0 Å². The van der Waals surface area contributed by atoms with Crippen LogP contribution in [0, 0.1) is 0 Å². The molecule has 1 amide bonds. The average molecular weight is 236 g/mol. The van der Waals surface area contributed by atoms with Crippen molar-refractivity contribution in [2.24, 2.45) is 5.73 Å². The van der Waals surface area contributed by atoms with Gasteiger partial charge in [0.2, 0.25) is 5.91 Å². The first-order valence-electron chi connectivity index (χ1n) is 4.81. The lowest BCUT2D eigenvalue weighted by molar-refractivity contribution is -0.253. The third kappa shape index (κ3) is 2.67. The number of carbonyl (C=O) groups is 1. The predicted molar refractivity (Wildman–Crippen MR) is 51.0 cm³/mol. The van der Waals surface area contributed by atoms with E-state index in [1.54, 1.807) is 0 Å². The maximum absolute atomic E-state index is 11.0. The average Bonchev–Trinajstić information content (AvgIpc) is 2.28. The first-order chi connectivity index (χ1) is 7.51. The van der Waals surface area contributed by atoms with E-state index in [9.17, 15) is 20.1 Å². The number of carbonyl (C=O) groups excluding carboxylic acids is 1. The van der Waals surface area contributed by atoms with Crippen LogP contribution >= 0.6 is 0 Å². The fourth-order valence-electron chi connectivity index (χ4n) is 1.50. The second kappa shape index (κ2) is 5.53. The van der Waals surface area contributed by atoms with E-state index in [2.05, 4.69) is 5.32 Å². The van der Waals surface area contributed by atoms with Gasteiger partial charge in [0.1, 0.15) is 24.4 Å². The number of ether oxygens (including phenoxy) is 1. The van der Waals surface area contributed by atoms with Crippen molar-refractivity contribution in [3.05, 3.63) is 0 Å². The van der Waals surface area contributed by atoms with Gasteiger partial charge < -0.3 is 36.2 Å². The van der Waals surface area contributed by atoms with Crippen molar-refractivity contribution in [2.45, 2.75) is 30.6 Å². The van der Waals surface area contributed by atoms with Gasteiger partial charge in [-0.3, -0.25) is 4.79 Å². The molecule has 0 bridgehead atoms. The van der Waals surface area contributed by atoms with Gasteiger partial charge in [-0.05, 0) is 0 Å². The Hall–Kier alpha value is -0.770. The molecule has 16 heavy (non-hydrogen) atoms. The van der Waals surface area contributed by atoms with E-state index in [4.69, 9.17) is 15.6 Å². The summed E-state index contributed by atoms with van der Waals surface area (Å²) < 4.78 is 4.82. The molecule has 1 heterocycles.